The molecule has 1 amide bonds. The van der Waals surface area contributed by atoms with E-state index in [1.807, 2.05) is 12.3 Å². The Morgan fingerprint density at radius 2 is 2.21 bits per heavy atom. The van der Waals surface area contributed by atoms with Crippen LogP contribution in [0.15, 0.2) is 29.6 Å². The van der Waals surface area contributed by atoms with E-state index in [1.165, 1.54) is 12.1 Å². The van der Waals surface area contributed by atoms with Crippen LogP contribution < -0.4 is 10.6 Å². The fourth-order valence-corrected chi connectivity index (χ4v) is 2.16. The number of para-hydroxylation sites is 1. The molecule has 2 rings (SSSR count). The number of nitrogens with one attached hydrogen (secondary N) is 2. The standard InChI is InChI=1S/C13H14FN3OS/c1-9-16-10(8-19-9)6-15-7-13(18)17-12-5-3-2-4-11(12)14/h2-5,8,15H,6-7H2,1H3,(H,17,18). The van der Waals surface area contributed by atoms with Crippen molar-refractivity contribution in [1.29, 1.82) is 0 Å². The maximum absolute atomic E-state index is 13.3. The summed E-state index contributed by atoms with van der Waals surface area (Å²) < 4.78 is 13.3. The lowest BCUT2D eigenvalue weighted by molar-refractivity contribution is -0.115. The summed E-state index contributed by atoms with van der Waals surface area (Å²) in [5.41, 5.74) is 1.10. The van der Waals surface area contributed by atoms with Gasteiger partial charge in [-0.2, -0.15) is 0 Å². The minimum absolute atomic E-state index is 0.116. The topological polar surface area (TPSA) is 54.0 Å². The number of carbonyl (C=O) groups excluding carboxylic acids is 1. The van der Waals surface area contributed by atoms with Crippen LogP contribution in [-0.4, -0.2) is 17.4 Å². The zero-order chi connectivity index (χ0) is 13.7. The van der Waals surface area contributed by atoms with Gasteiger partial charge in [0.1, 0.15) is 5.82 Å². The molecule has 19 heavy (non-hydrogen) atoms. The highest BCUT2D eigenvalue weighted by Gasteiger charge is 2.06. The number of thiazole rings is 1. The van der Waals surface area contributed by atoms with E-state index >= 15 is 0 Å². The summed E-state index contributed by atoms with van der Waals surface area (Å²) in [5, 5.41) is 8.41. The lowest BCUT2D eigenvalue weighted by Crippen LogP contribution is -2.28. The van der Waals surface area contributed by atoms with Crippen molar-refractivity contribution in [3.63, 3.8) is 0 Å². The van der Waals surface area contributed by atoms with Crippen LogP contribution in [-0.2, 0) is 11.3 Å². The van der Waals surface area contributed by atoms with Gasteiger partial charge in [-0.05, 0) is 19.1 Å². The number of nitrogens with zero attached hydrogens (tertiary/aromatic N) is 1. The van der Waals surface area contributed by atoms with Crippen LogP contribution in [0.25, 0.3) is 0 Å². The number of hydrogen-bond acceptors (Lipinski definition) is 4. The van der Waals surface area contributed by atoms with Crippen molar-refractivity contribution in [2.75, 3.05) is 11.9 Å². The molecule has 0 unspecified atom stereocenters. The highest BCUT2D eigenvalue weighted by atomic mass is 32.1. The van der Waals surface area contributed by atoms with Crippen molar-refractivity contribution in [2.45, 2.75) is 13.5 Å². The predicted molar refractivity (Wildman–Crippen MR) is 73.6 cm³/mol. The first-order chi connectivity index (χ1) is 9.15. The van der Waals surface area contributed by atoms with Crippen LogP contribution in [0.4, 0.5) is 10.1 Å². The van der Waals surface area contributed by atoms with Gasteiger partial charge >= 0.3 is 0 Å². The zero-order valence-electron chi connectivity index (χ0n) is 10.4. The molecule has 100 valence electrons. The Balaban J connectivity index is 1.77. The van der Waals surface area contributed by atoms with Gasteiger partial charge in [-0.1, -0.05) is 12.1 Å². The summed E-state index contributed by atoms with van der Waals surface area (Å²) in [4.78, 5) is 15.9. The Hall–Kier alpha value is -1.79. The van der Waals surface area contributed by atoms with E-state index in [9.17, 15) is 9.18 Å². The SMILES string of the molecule is Cc1nc(CNCC(=O)Nc2ccccc2F)cs1. The van der Waals surface area contributed by atoms with Crippen molar-refractivity contribution >= 4 is 22.9 Å². The Bertz CT molecular complexity index is 571. The molecule has 1 heterocycles. The second-order valence-corrected chi connectivity index (χ2v) is 5.05. The van der Waals surface area contributed by atoms with Gasteiger partial charge in [0, 0.05) is 11.9 Å². The van der Waals surface area contributed by atoms with Crippen LogP contribution in [0, 0.1) is 12.7 Å². The van der Waals surface area contributed by atoms with E-state index in [0.29, 0.717) is 6.54 Å². The monoisotopic (exact) mass is 279 g/mol. The molecule has 0 aliphatic heterocycles. The average molecular weight is 279 g/mol. The van der Waals surface area contributed by atoms with Crippen molar-refractivity contribution < 1.29 is 9.18 Å². The quantitative estimate of drug-likeness (QED) is 0.883. The molecule has 0 atom stereocenters. The van der Waals surface area contributed by atoms with E-state index in [1.54, 1.807) is 23.5 Å². The molecular formula is C13H14FN3OS. The van der Waals surface area contributed by atoms with Crippen LogP contribution >= 0.6 is 11.3 Å². The number of anilines is 1. The highest BCUT2D eigenvalue weighted by Crippen LogP contribution is 2.11. The minimum atomic E-state index is -0.439. The number of amides is 1. The van der Waals surface area contributed by atoms with Crippen molar-refractivity contribution in [2.24, 2.45) is 0 Å². The smallest absolute Gasteiger partial charge is 0.238 e. The fraction of sp³-hybridized carbons (Fsp3) is 0.231. The molecule has 6 heteroatoms. The Labute approximate surface area is 114 Å². The summed E-state index contributed by atoms with van der Waals surface area (Å²) in [6.45, 7) is 2.57. The van der Waals surface area contributed by atoms with Crippen LogP contribution in [0.2, 0.25) is 0 Å². The maximum atomic E-state index is 13.3. The first kappa shape index (κ1) is 13.6. The molecule has 4 nitrogen and oxygen atoms in total. The maximum Gasteiger partial charge on any atom is 0.238 e. The number of benzene rings is 1. The zero-order valence-corrected chi connectivity index (χ0v) is 11.3. The lowest BCUT2D eigenvalue weighted by atomic mass is 10.3. The summed E-state index contributed by atoms with van der Waals surface area (Å²) in [6.07, 6.45) is 0. The molecular weight excluding hydrogens is 265 g/mol. The Morgan fingerprint density at radius 3 is 2.89 bits per heavy atom. The highest BCUT2D eigenvalue weighted by molar-refractivity contribution is 7.09. The van der Waals surface area contributed by atoms with E-state index in [0.717, 1.165) is 10.7 Å². The van der Waals surface area contributed by atoms with Crippen molar-refractivity contribution in [3.05, 3.63) is 46.2 Å². The molecule has 2 aromatic rings. The van der Waals surface area contributed by atoms with Gasteiger partial charge in [-0.15, -0.1) is 11.3 Å². The third kappa shape index (κ3) is 4.11. The van der Waals surface area contributed by atoms with E-state index in [4.69, 9.17) is 0 Å². The molecule has 0 saturated heterocycles. The first-order valence-corrected chi connectivity index (χ1v) is 6.69. The molecule has 0 radical (unpaired) electrons. The third-order valence-corrected chi connectivity index (χ3v) is 3.23. The van der Waals surface area contributed by atoms with Crippen LogP contribution in [0.1, 0.15) is 10.7 Å². The number of carbonyl (C=O) groups is 1. The molecule has 0 aliphatic rings. The minimum Gasteiger partial charge on any atom is -0.322 e. The second kappa shape index (κ2) is 6.40. The Kier molecular flexibility index (Phi) is 4.59. The number of halogens is 1. The summed E-state index contributed by atoms with van der Waals surface area (Å²) >= 11 is 1.57. The lowest BCUT2D eigenvalue weighted by Gasteiger charge is -2.06. The summed E-state index contributed by atoms with van der Waals surface area (Å²) in [5.74, 6) is -0.719. The first-order valence-electron chi connectivity index (χ1n) is 5.81. The number of hydrogen-bond donors (Lipinski definition) is 2. The van der Waals surface area contributed by atoms with Gasteiger partial charge in [-0.3, -0.25) is 4.79 Å². The van der Waals surface area contributed by atoms with Crippen molar-refractivity contribution in [3.8, 4) is 0 Å². The summed E-state index contributed by atoms with van der Waals surface area (Å²) in [7, 11) is 0. The van der Waals surface area contributed by atoms with E-state index < -0.39 is 5.82 Å². The number of aromatic nitrogens is 1. The van der Waals surface area contributed by atoms with Crippen LogP contribution in [0.5, 0.6) is 0 Å². The van der Waals surface area contributed by atoms with E-state index in [2.05, 4.69) is 15.6 Å². The molecule has 0 saturated carbocycles. The molecule has 1 aromatic carbocycles. The third-order valence-electron chi connectivity index (χ3n) is 2.41. The van der Waals surface area contributed by atoms with Gasteiger partial charge < -0.3 is 10.6 Å². The fourth-order valence-electron chi connectivity index (χ4n) is 1.55. The van der Waals surface area contributed by atoms with Gasteiger partial charge in [0.25, 0.3) is 0 Å². The van der Waals surface area contributed by atoms with E-state index in [-0.39, 0.29) is 18.1 Å². The molecule has 0 fully saturated rings. The molecule has 0 spiro atoms. The van der Waals surface area contributed by atoms with Gasteiger partial charge in [0.05, 0.1) is 22.9 Å². The van der Waals surface area contributed by atoms with Gasteiger partial charge in [0.2, 0.25) is 5.91 Å². The molecule has 2 N–H and O–H groups in total. The van der Waals surface area contributed by atoms with Gasteiger partial charge in [0.15, 0.2) is 0 Å². The number of rotatable bonds is 5. The largest absolute Gasteiger partial charge is 0.322 e. The Morgan fingerprint density at radius 1 is 1.42 bits per heavy atom. The molecule has 1 aromatic heterocycles. The van der Waals surface area contributed by atoms with Crippen molar-refractivity contribution in [1.82, 2.24) is 10.3 Å². The van der Waals surface area contributed by atoms with Crippen LogP contribution in [0.3, 0.4) is 0 Å². The average Bonchev–Trinajstić information content (AvgIpc) is 2.78. The van der Waals surface area contributed by atoms with Gasteiger partial charge in [-0.25, -0.2) is 9.37 Å². The summed E-state index contributed by atoms with van der Waals surface area (Å²) in [6, 6.07) is 6.08. The normalized spacial score (nSPS) is 10.4. The molecule has 0 bridgehead atoms. The predicted octanol–water partition coefficient (Wildman–Crippen LogP) is 2.32. The molecule has 0 aliphatic carbocycles. The second-order valence-electron chi connectivity index (χ2n) is 3.99. The number of aryl methyl sites for hydroxylation is 1.